The first kappa shape index (κ1) is 40.3. The Hall–Kier alpha value is -1.75. The highest BCUT2D eigenvalue weighted by atomic mass is 16.7. The van der Waals surface area contributed by atoms with Gasteiger partial charge in [0.25, 0.3) is 0 Å². The van der Waals surface area contributed by atoms with Gasteiger partial charge < -0.3 is 33.5 Å². The van der Waals surface area contributed by atoms with Gasteiger partial charge in [-0.3, -0.25) is 14.4 Å². The van der Waals surface area contributed by atoms with E-state index in [1.54, 1.807) is 0 Å². The summed E-state index contributed by atoms with van der Waals surface area (Å²) in [4.78, 5) is 40.5. The second-order valence-electron chi connectivity index (χ2n) is 12.2. The molecule has 5 atom stereocenters. The Labute approximate surface area is 267 Å². The number of hydrogen-bond donors (Lipinski definition) is 0. The SMILES string of the molecule is CCCCCCCCCCCCN(CC)CCCN(C)CCCOC1OC(CC)C(OC(C)=O)C(OC(C)=O)C1OC(C)=O. The lowest BCUT2D eigenvalue weighted by Gasteiger charge is -2.44. The summed E-state index contributed by atoms with van der Waals surface area (Å²) in [5, 5.41) is 0. The molecule has 1 fully saturated rings. The third-order valence-electron chi connectivity index (χ3n) is 8.16. The van der Waals surface area contributed by atoms with Crippen molar-refractivity contribution in [2.75, 3.05) is 46.4 Å². The monoisotopic (exact) mass is 628 g/mol. The molecule has 44 heavy (non-hydrogen) atoms. The normalized spacial score (nSPS) is 21.9. The maximum absolute atomic E-state index is 11.9. The Morgan fingerprint density at radius 3 is 1.66 bits per heavy atom. The van der Waals surface area contributed by atoms with E-state index < -0.39 is 48.6 Å². The van der Waals surface area contributed by atoms with Gasteiger partial charge in [-0.05, 0) is 58.9 Å². The summed E-state index contributed by atoms with van der Waals surface area (Å²) >= 11 is 0. The highest BCUT2D eigenvalue weighted by Crippen LogP contribution is 2.31. The molecule has 0 aromatic carbocycles. The van der Waals surface area contributed by atoms with Gasteiger partial charge in [0.15, 0.2) is 24.6 Å². The zero-order chi connectivity index (χ0) is 32.7. The third kappa shape index (κ3) is 17.7. The Morgan fingerprint density at radius 1 is 0.614 bits per heavy atom. The number of carbonyl (C=O) groups excluding carboxylic acids is 3. The van der Waals surface area contributed by atoms with Crippen LogP contribution in [-0.4, -0.2) is 105 Å². The average molecular weight is 629 g/mol. The third-order valence-corrected chi connectivity index (χ3v) is 8.16. The number of unbranched alkanes of at least 4 members (excludes halogenated alkanes) is 9. The van der Waals surface area contributed by atoms with E-state index in [9.17, 15) is 14.4 Å². The van der Waals surface area contributed by atoms with Crippen LogP contribution in [0.4, 0.5) is 0 Å². The van der Waals surface area contributed by atoms with Crippen molar-refractivity contribution in [2.45, 2.75) is 156 Å². The molecular formula is C34H64N2O8. The second-order valence-corrected chi connectivity index (χ2v) is 12.2. The number of esters is 3. The molecule has 0 aromatic rings. The minimum absolute atomic E-state index is 0.369. The van der Waals surface area contributed by atoms with Crippen LogP contribution in [0.15, 0.2) is 0 Å². The van der Waals surface area contributed by atoms with Gasteiger partial charge in [0.2, 0.25) is 0 Å². The first-order valence-electron chi connectivity index (χ1n) is 17.3. The zero-order valence-electron chi connectivity index (χ0n) is 29.0. The summed E-state index contributed by atoms with van der Waals surface area (Å²) in [5.41, 5.74) is 0. The van der Waals surface area contributed by atoms with Crippen LogP contribution < -0.4 is 0 Å². The van der Waals surface area contributed by atoms with Crippen LogP contribution in [0.2, 0.25) is 0 Å². The standard InChI is InChI=1S/C34H64N2O8/c1-8-11-12-13-14-15-16-17-18-19-24-36(10-3)25-20-22-35(7)23-21-26-40-34-33(43-29(6)39)32(42-28(5)38)31(41-27(4)37)30(9-2)44-34/h30-34H,8-26H2,1-7H3. The molecule has 258 valence electrons. The van der Waals surface area contributed by atoms with E-state index in [2.05, 4.69) is 30.7 Å². The lowest BCUT2D eigenvalue weighted by atomic mass is 9.96. The lowest BCUT2D eigenvalue weighted by molar-refractivity contribution is -0.304. The van der Waals surface area contributed by atoms with Gasteiger partial charge >= 0.3 is 17.9 Å². The molecular weight excluding hydrogens is 564 g/mol. The maximum atomic E-state index is 11.9. The molecule has 0 saturated carbocycles. The van der Waals surface area contributed by atoms with Gasteiger partial charge in [0.1, 0.15) is 6.10 Å². The van der Waals surface area contributed by atoms with Gasteiger partial charge in [-0.2, -0.15) is 0 Å². The molecule has 0 N–H and O–H groups in total. The largest absolute Gasteiger partial charge is 0.456 e. The molecule has 1 heterocycles. The van der Waals surface area contributed by atoms with E-state index >= 15 is 0 Å². The van der Waals surface area contributed by atoms with Gasteiger partial charge in [-0.25, -0.2) is 0 Å². The van der Waals surface area contributed by atoms with Crippen LogP contribution in [-0.2, 0) is 38.1 Å². The minimum atomic E-state index is -1.06. The molecule has 1 saturated heterocycles. The minimum Gasteiger partial charge on any atom is -0.456 e. The summed E-state index contributed by atoms with van der Waals surface area (Å²) < 4.78 is 28.5. The van der Waals surface area contributed by atoms with Crippen molar-refractivity contribution < 1.29 is 38.1 Å². The van der Waals surface area contributed by atoms with Crippen molar-refractivity contribution in [3.05, 3.63) is 0 Å². The van der Waals surface area contributed by atoms with E-state index in [-0.39, 0.29) is 0 Å². The summed E-state index contributed by atoms with van der Waals surface area (Å²) in [6.07, 6.45) is 11.5. The molecule has 0 bridgehead atoms. The molecule has 1 aliphatic heterocycles. The smallest absolute Gasteiger partial charge is 0.303 e. The fraction of sp³-hybridized carbons (Fsp3) is 0.912. The van der Waals surface area contributed by atoms with E-state index in [1.165, 1.54) is 91.5 Å². The Bertz CT molecular complexity index is 782. The fourth-order valence-corrected chi connectivity index (χ4v) is 5.78. The van der Waals surface area contributed by atoms with Gasteiger partial charge in [-0.1, -0.05) is 78.6 Å². The quantitative estimate of drug-likeness (QED) is 0.0691. The van der Waals surface area contributed by atoms with E-state index in [4.69, 9.17) is 23.7 Å². The molecule has 0 aliphatic carbocycles. The Morgan fingerprint density at radius 2 is 1.11 bits per heavy atom. The summed E-state index contributed by atoms with van der Waals surface area (Å²) in [5.74, 6) is -1.69. The zero-order valence-corrected chi connectivity index (χ0v) is 29.0. The van der Waals surface area contributed by atoms with E-state index in [0.29, 0.717) is 13.0 Å². The second kappa shape index (κ2) is 24.5. The molecule has 1 rings (SSSR count). The molecule has 0 amide bonds. The van der Waals surface area contributed by atoms with E-state index in [1.807, 2.05) is 6.92 Å². The highest BCUT2D eigenvalue weighted by Gasteiger charge is 2.51. The summed E-state index contributed by atoms with van der Waals surface area (Å²) in [7, 11) is 2.12. The molecule has 0 radical (unpaired) electrons. The van der Waals surface area contributed by atoms with Crippen molar-refractivity contribution in [3.8, 4) is 0 Å². The highest BCUT2D eigenvalue weighted by molar-refractivity contribution is 5.68. The Balaban J connectivity index is 2.41. The van der Waals surface area contributed by atoms with Crippen molar-refractivity contribution >= 4 is 17.9 Å². The van der Waals surface area contributed by atoms with Crippen LogP contribution in [0.25, 0.3) is 0 Å². The maximum Gasteiger partial charge on any atom is 0.303 e. The van der Waals surface area contributed by atoms with Crippen LogP contribution in [0.5, 0.6) is 0 Å². The number of nitrogens with zero attached hydrogens (tertiary/aromatic N) is 2. The van der Waals surface area contributed by atoms with Crippen LogP contribution in [0.3, 0.4) is 0 Å². The van der Waals surface area contributed by atoms with Crippen molar-refractivity contribution in [1.82, 2.24) is 9.80 Å². The molecule has 10 heteroatoms. The predicted molar refractivity (Wildman–Crippen MR) is 172 cm³/mol. The predicted octanol–water partition coefficient (Wildman–Crippen LogP) is 5.89. The molecule has 10 nitrogen and oxygen atoms in total. The van der Waals surface area contributed by atoms with Crippen molar-refractivity contribution in [1.29, 1.82) is 0 Å². The summed E-state index contributed by atoms with van der Waals surface area (Å²) in [6, 6.07) is 0. The van der Waals surface area contributed by atoms with Crippen molar-refractivity contribution in [3.63, 3.8) is 0 Å². The Kier molecular flexibility index (Phi) is 22.4. The average Bonchev–Trinajstić information content (AvgIpc) is 2.97. The number of ether oxygens (including phenoxy) is 5. The lowest BCUT2D eigenvalue weighted by Crippen LogP contribution is -2.61. The first-order chi connectivity index (χ1) is 21.1. The topological polar surface area (TPSA) is 104 Å². The molecule has 5 unspecified atom stereocenters. The van der Waals surface area contributed by atoms with Gasteiger partial charge in [-0.15, -0.1) is 0 Å². The van der Waals surface area contributed by atoms with Crippen LogP contribution >= 0.6 is 0 Å². The molecule has 0 spiro atoms. The van der Waals surface area contributed by atoms with E-state index in [0.717, 1.165) is 39.0 Å². The number of hydrogen-bond acceptors (Lipinski definition) is 10. The molecule has 0 aromatic heterocycles. The number of rotatable bonds is 25. The van der Waals surface area contributed by atoms with Gasteiger partial charge in [0, 0.05) is 27.3 Å². The summed E-state index contributed by atoms with van der Waals surface area (Å²) in [6.45, 7) is 15.8. The fourth-order valence-electron chi connectivity index (χ4n) is 5.78. The van der Waals surface area contributed by atoms with Crippen LogP contribution in [0.1, 0.15) is 125 Å². The molecule has 1 aliphatic rings. The van der Waals surface area contributed by atoms with Gasteiger partial charge in [0.05, 0.1) is 6.61 Å². The van der Waals surface area contributed by atoms with Crippen LogP contribution in [0, 0.1) is 0 Å². The number of carbonyl (C=O) groups is 3. The van der Waals surface area contributed by atoms with Crippen molar-refractivity contribution in [2.24, 2.45) is 0 Å². The first-order valence-corrected chi connectivity index (χ1v) is 17.3.